The number of benzene rings is 2. The van der Waals surface area contributed by atoms with E-state index in [9.17, 15) is 4.79 Å². The summed E-state index contributed by atoms with van der Waals surface area (Å²) in [4.78, 5) is 25.4. The minimum Gasteiger partial charge on any atom is -0.494 e. The van der Waals surface area contributed by atoms with Crippen LogP contribution in [0.3, 0.4) is 0 Å². The van der Waals surface area contributed by atoms with E-state index in [1.165, 1.54) is 0 Å². The molecule has 166 valence electrons. The third-order valence-electron chi connectivity index (χ3n) is 4.61. The Balaban J connectivity index is 1.34. The summed E-state index contributed by atoms with van der Waals surface area (Å²) in [5.41, 5.74) is 2.77. The molecule has 2 aromatic heterocycles. The fourth-order valence-electron chi connectivity index (χ4n) is 3.09. The number of aromatic nitrogens is 3. The number of amides is 1. The first-order valence-electron chi connectivity index (χ1n) is 10.4. The summed E-state index contributed by atoms with van der Waals surface area (Å²) in [5.74, 6) is 1.26. The maximum Gasteiger partial charge on any atom is 0.224 e. The standard InChI is InChI=1S/C25H22ClN5O2/c26-19-6-4-7-20(13-19)29-24-17-28-16-23(31-24)18-12-21(15-27-14-18)30-25(32)10-5-11-33-22-8-2-1-3-9-22/h1-4,6-9,12-17H,5,10-11H2,(H,29,31)(H,30,32). The van der Waals surface area contributed by atoms with E-state index in [1.54, 1.807) is 36.9 Å². The monoisotopic (exact) mass is 459 g/mol. The largest absolute Gasteiger partial charge is 0.494 e. The molecule has 1 amide bonds. The lowest BCUT2D eigenvalue weighted by Crippen LogP contribution is -2.13. The molecule has 4 rings (SSSR count). The van der Waals surface area contributed by atoms with Crippen molar-refractivity contribution in [2.24, 2.45) is 0 Å². The summed E-state index contributed by atoms with van der Waals surface area (Å²) in [6.07, 6.45) is 7.50. The van der Waals surface area contributed by atoms with Crippen LogP contribution in [-0.2, 0) is 4.79 Å². The maximum absolute atomic E-state index is 12.3. The van der Waals surface area contributed by atoms with E-state index in [-0.39, 0.29) is 5.91 Å². The minimum absolute atomic E-state index is 0.104. The average molecular weight is 460 g/mol. The summed E-state index contributed by atoms with van der Waals surface area (Å²) in [6, 6.07) is 18.7. The Bertz CT molecular complexity index is 1220. The Morgan fingerprint density at radius 2 is 1.76 bits per heavy atom. The summed E-state index contributed by atoms with van der Waals surface area (Å²) in [7, 11) is 0. The van der Waals surface area contributed by atoms with E-state index < -0.39 is 0 Å². The molecule has 0 aliphatic carbocycles. The van der Waals surface area contributed by atoms with Crippen LogP contribution >= 0.6 is 11.6 Å². The first-order valence-corrected chi connectivity index (χ1v) is 10.8. The van der Waals surface area contributed by atoms with Crippen molar-refractivity contribution < 1.29 is 9.53 Å². The fraction of sp³-hybridized carbons (Fsp3) is 0.120. The van der Waals surface area contributed by atoms with Gasteiger partial charge in [0.1, 0.15) is 11.6 Å². The Hall–Kier alpha value is -3.97. The number of halogens is 1. The lowest BCUT2D eigenvalue weighted by atomic mass is 10.2. The summed E-state index contributed by atoms with van der Waals surface area (Å²) in [5, 5.41) is 6.69. The van der Waals surface area contributed by atoms with Crippen molar-refractivity contribution in [3.05, 3.63) is 90.5 Å². The van der Waals surface area contributed by atoms with E-state index in [0.717, 1.165) is 17.0 Å². The van der Waals surface area contributed by atoms with Gasteiger partial charge in [0.25, 0.3) is 0 Å². The molecule has 0 saturated heterocycles. The number of anilines is 3. The number of carbonyl (C=O) groups excluding carboxylic acids is 1. The van der Waals surface area contributed by atoms with Gasteiger partial charge in [-0.15, -0.1) is 0 Å². The van der Waals surface area contributed by atoms with Gasteiger partial charge in [-0.25, -0.2) is 4.98 Å². The zero-order chi connectivity index (χ0) is 22.9. The molecule has 0 fully saturated rings. The van der Waals surface area contributed by atoms with Crippen LogP contribution in [0.1, 0.15) is 12.8 Å². The number of para-hydroxylation sites is 1. The van der Waals surface area contributed by atoms with Gasteiger partial charge in [-0.1, -0.05) is 35.9 Å². The number of pyridine rings is 1. The molecule has 2 aromatic carbocycles. The highest BCUT2D eigenvalue weighted by Crippen LogP contribution is 2.23. The second kappa shape index (κ2) is 11.1. The average Bonchev–Trinajstić information content (AvgIpc) is 2.83. The zero-order valence-electron chi connectivity index (χ0n) is 17.7. The van der Waals surface area contributed by atoms with Crippen molar-refractivity contribution in [3.8, 4) is 17.0 Å². The topological polar surface area (TPSA) is 89.0 Å². The number of carbonyl (C=O) groups is 1. The Morgan fingerprint density at radius 3 is 2.61 bits per heavy atom. The second-order valence-electron chi connectivity index (χ2n) is 7.20. The SMILES string of the molecule is O=C(CCCOc1ccccc1)Nc1cncc(-c2cncc(Nc3cccc(Cl)c3)n2)c1. The van der Waals surface area contributed by atoms with Crippen LogP contribution in [0, 0.1) is 0 Å². The second-order valence-corrected chi connectivity index (χ2v) is 7.64. The molecule has 0 radical (unpaired) electrons. The predicted octanol–water partition coefficient (Wildman–Crippen LogP) is 5.73. The van der Waals surface area contributed by atoms with E-state index in [1.807, 2.05) is 48.5 Å². The fourth-order valence-corrected chi connectivity index (χ4v) is 3.28. The normalized spacial score (nSPS) is 10.5. The maximum atomic E-state index is 12.3. The van der Waals surface area contributed by atoms with Gasteiger partial charge in [0.15, 0.2) is 0 Å². The molecule has 4 aromatic rings. The number of hydrogen-bond donors (Lipinski definition) is 2. The highest BCUT2D eigenvalue weighted by atomic mass is 35.5. The van der Waals surface area contributed by atoms with Gasteiger partial charge in [-0.2, -0.15) is 0 Å². The Kier molecular flexibility index (Phi) is 7.45. The molecular formula is C25H22ClN5O2. The van der Waals surface area contributed by atoms with Crippen LogP contribution in [0.2, 0.25) is 5.02 Å². The molecule has 2 heterocycles. The molecule has 0 aliphatic rings. The molecular weight excluding hydrogens is 438 g/mol. The van der Waals surface area contributed by atoms with Crippen LogP contribution in [0.4, 0.5) is 17.2 Å². The molecule has 0 spiro atoms. The van der Waals surface area contributed by atoms with Crippen molar-refractivity contribution in [2.75, 3.05) is 17.2 Å². The van der Waals surface area contributed by atoms with Gasteiger partial charge in [-0.05, 0) is 42.8 Å². The molecule has 0 saturated carbocycles. The summed E-state index contributed by atoms with van der Waals surface area (Å²) in [6.45, 7) is 0.470. The number of nitrogens with zero attached hydrogens (tertiary/aromatic N) is 3. The first kappa shape index (κ1) is 22.2. The quantitative estimate of drug-likeness (QED) is 0.310. The van der Waals surface area contributed by atoms with Crippen LogP contribution in [0.5, 0.6) is 5.75 Å². The van der Waals surface area contributed by atoms with Crippen LogP contribution < -0.4 is 15.4 Å². The van der Waals surface area contributed by atoms with Gasteiger partial charge in [-0.3, -0.25) is 14.8 Å². The van der Waals surface area contributed by atoms with Gasteiger partial charge in [0.2, 0.25) is 5.91 Å². The van der Waals surface area contributed by atoms with Crippen molar-refractivity contribution in [2.45, 2.75) is 12.8 Å². The summed E-state index contributed by atoms with van der Waals surface area (Å²) < 4.78 is 5.62. The third kappa shape index (κ3) is 6.75. The van der Waals surface area contributed by atoms with Crippen LogP contribution in [0.25, 0.3) is 11.3 Å². The smallest absolute Gasteiger partial charge is 0.224 e. The van der Waals surface area contributed by atoms with Crippen LogP contribution in [-0.4, -0.2) is 27.5 Å². The van der Waals surface area contributed by atoms with Gasteiger partial charge in [0.05, 0.1) is 36.6 Å². The Morgan fingerprint density at radius 1 is 0.909 bits per heavy atom. The molecule has 7 nitrogen and oxygen atoms in total. The number of rotatable bonds is 9. The minimum atomic E-state index is -0.104. The molecule has 33 heavy (non-hydrogen) atoms. The number of hydrogen-bond acceptors (Lipinski definition) is 6. The third-order valence-corrected chi connectivity index (χ3v) is 4.84. The first-order chi connectivity index (χ1) is 16.2. The van der Waals surface area contributed by atoms with Crippen molar-refractivity contribution in [1.82, 2.24) is 15.0 Å². The van der Waals surface area contributed by atoms with Crippen molar-refractivity contribution in [1.29, 1.82) is 0 Å². The number of nitrogens with one attached hydrogen (secondary N) is 2. The molecule has 0 unspecified atom stereocenters. The highest BCUT2D eigenvalue weighted by Gasteiger charge is 2.08. The number of ether oxygens (including phenoxy) is 1. The van der Waals surface area contributed by atoms with E-state index in [0.29, 0.717) is 41.7 Å². The molecule has 0 bridgehead atoms. The van der Waals surface area contributed by atoms with E-state index >= 15 is 0 Å². The zero-order valence-corrected chi connectivity index (χ0v) is 18.5. The molecule has 8 heteroatoms. The molecule has 0 atom stereocenters. The van der Waals surface area contributed by atoms with Gasteiger partial charge < -0.3 is 15.4 Å². The van der Waals surface area contributed by atoms with Crippen molar-refractivity contribution in [3.63, 3.8) is 0 Å². The van der Waals surface area contributed by atoms with Gasteiger partial charge >= 0.3 is 0 Å². The molecule has 2 N–H and O–H groups in total. The molecule has 0 aliphatic heterocycles. The van der Waals surface area contributed by atoms with E-state index in [2.05, 4.69) is 25.6 Å². The lowest BCUT2D eigenvalue weighted by Gasteiger charge is -2.09. The predicted molar refractivity (Wildman–Crippen MR) is 130 cm³/mol. The van der Waals surface area contributed by atoms with E-state index in [4.69, 9.17) is 16.3 Å². The van der Waals surface area contributed by atoms with Crippen LogP contribution in [0.15, 0.2) is 85.5 Å². The Labute approximate surface area is 196 Å². The lowest BCUT2D eigenvalue weighted by molar-refractivity contribution is -0.116. The van der Waals surface area contributed by atoms with Gasteiger partial charge in [0, 0.05) is 28.9 Å². The highest BCUT2D eigenvalue weighted by molar-refractivity contribution is 6.30. The summed E-state index contributed by atoms with van der Waals surface area (Å²) >= 11 is 6.04. The van der Waals surface area contributed by atoms with Crippen molar-refractivity contribution >= 4 is 34.7 Å².